The van der Waals surface area contributed by atoms with Gasteiger partial charge >= 0.3 is 0 Å². The minimum Gasteiger partial charge on any atom is -0.324 e. The Balaban J connectivity index is 1.94. The molecular weight excluding hydrogens is 308 g/mol. The molecule has 1 saturated heterocycles. The van der Waals surface area contributed by atoms with E-state index in [1.54, 1.807) is 0 Å². The van der Waals surface area contributed by atoms with Crippen LogP contribution in [0.3, 0.4) is 0 Å². The lowest BCUT2D eigenvalue weighted by molar-refractivity contribution is -0.117. The van der Waals surface area contributed by atoms with Gasteiger partial charge in [-0.1, -0.05) is 12.1 Å². The summed E-state index contributed by atoms with van der Waals surface area (Å²) in [5, 5.41) is 15.0. The van der Waals surface area contributed by atoms with E-state index in [1.165, 1.54) is 0 Å². The van der Waals surface area contributed by atoms with Crippen LogP contribution in [0.1, 0.15) is 0 Å². The van der Waals surface area contributed by atoms with Gasteiger partial charge in [0.05, 0.1) is 18.3 Å². The molecule has 0 radical (unpaired) electrons. The molecule has 100 valence electrons. The van der Waals surface area contributed by atoms with Gasteiger partial charge in [-0.05, 0) is 28.1 Å². The highest BCUT2D eigenvalue weighted by atomic mass is 79.9. The van der Waals surface area contributed by atoms with Crippen LogP contribution in [0.5, 0.6) is 0 Å². The molecule has 2 N–H and O–H groups in total. The maximum Gasteiger partial charge on any atom is 0.238 e. The number of para-hydroxylation sites is 1. The van der Waals surface area contributed by atoms with Crippen LogP contribution in [0.2, 0.25) is 0 Å². The van der Waals surface area contributed by atoms with Crippen molar-refractivity contribution in [2.75, 3.05) is 31.5 Å². The lowest BCUT2D eigenvalue weighted by Crippen LogP contribution is -2.52. The Kier molecular flexibility index (Phi) is 4.91. The second kappa shape index (κ2) is 6.66. The third-order valence-corrected chi connectivity index (χ3v) is 3.69. The number of amides is 1. The van der Waals surface area contributed by atoms with E-state index in [0.717, 1.165) is 16.7 Å². The predicted octanol–water partition coefficient (Wildman–Crippen LogP) is 1.18. The lowest BCUT2D eigenvalue weighted by atomic mass is 10.2. The van der Waals surface area contributed by atoms with Gasteiger partial charge in [-0.15, -0.1) is 0 Å². The fourth-order valence-corrected chi connectivity index (χ4v) is 2.38. The van der Waals surface area contributed by atoms with Crippen LogP contribution in [0.25, 0.3) is 0 Å². The molecule has 1 fully saturated rings. The van der Waals surface area contributed by atoms with E-state index in [-0.39, 0.29) is 18.5 Å². The SMILES string of the molecule is N#CC1CNCCN1CC(=O)Nc1ccccc1Br. The zero-order chi connectivity index (χ0) is 13.7. The van der Waals surface area contributed by atoms with Crippen molar-refractivity contribution >= 4 is 27.5 Å². The first-order chi connectivity index (χ1) is 9.20. The normalized spacial score (nSPS) is 19.7. The van der Waals surface area contributed by atoms with E-state index in [1.807, 2.05) is 29.2 Å². The van der Waals surface area contributed by atoms with Gasteiger partial charge < -0.3 is 10.6 Å². The molecule has 0 bridgehead atoms. The summed E-state index contributed by atoms with van der Waals surface area (Å²) in [6.07, 6.45) is 0. The van der Waals surface area contributed by atoms with E-state index in [9.17, 15) is 4.79 Å². The average molecular weight is 323 g/mol. The maximum atomic E-state index is 12.0. The van der Waals surface area contributed by atoms with Crippen molar-refractivity contribution in [1.82, 2.24) is 10.2 Å². The first kappa shape index (κ1) is 14.0. The molecule has 0 aliphatic carbocycles. The van der Waals surface area contributed by atoms with Crippen molar-refractivity contribution in [3.05, 3.63) is 28.7 Å². The first-order valence-electron chi connectivity index (χ1n) is 6.09. The number of anilines is 1. The van der Waals surface area contributed by atoms with Crippen molar-refractivity contribution in [2.24, 2.45) is 0 Å². The first-order valence-corrected chi connectivity index (χ1v) is 6.89. The fraction of sp³-hybridized carbons (Fsp3) is 0.385. The molecule has 1 aliphatic heterocycles. The Morgan fingerprint density at radius 2 is 2.37 bits per heavy atom. The summed E-state index contributed by atoms with van der Waals surface area (Å²) < 4.78 is 0.848. The molecule has 0 spiro atoms. The van der Waals surface area contributed by atoms with Gasteiger partial charge in [0.25, 0.3) is 0 Å². The topological polar surface area (TPSA) is 68.2 Å². The number of halogens is 1. The van der Waals surface area contributed by atoms with Gasteiger partial charge in [0.15, 0.2) is 0 Å². The van der Waals surface area contributed by atoms with E-state index >= 15 is 0 Å². The van der Waals surface area contributed by atoms with Crippen LogP contribution in [0, 0.1) is 11.3 Å². The molecule has 5 nitrogen and oxygen atoms in total. The molecule has 19 heavy (non-hydrogen) atoms. The Morgan fingerprint density at radius 1 is 1.58 bits per heavy atom. The molecule has 1 amide bonds. The third-order valence-electron chi connectivity index (χ3n) is 3.00. The summed E-state index contributed by atoms with van der Waals surface area (Å²) >= 11 is 3.38. The Labute approximate surface area is 120 Å². The number of nitriles is 1. The lowest BCUT2D eigenvalue weighted by Gasteiger charge is -2.31. The van der Waals surface area contributed by atoms with Crippen LogP contribution in [0.4, 0.5) is 5.69 Å². The Hall–Kier alpha value is -1.42. The van der Waals surface area contributed by atoms with Crippen molar-refractivity contribution in [2.45, 2.75) is 6.04 Å². The standard InChI is InChI=1S/C13H15BrN4O/c14-11-3-1-2-4-12(11)17-13(19)9-18-6-5-16-8-10(18)7-15/h1-4,10,16H,5-6,8-9H2,(H,17,19). The highest BCUT2D eigenvalue weighted by Gasteiger charge is 2.23. The van der Waals surface area contributed by atoms with Gasteiger partial charge in [-0.25, -0.2) is 0 Å². The van der Waals surface area contributed by atoms with E-state index in [2.05, 4.69) is 32.6 Å². The Bertz CT molecular complexity index is 500. The van der Waals surface area contributed by atoms with E-state index in [0.29, 0.717) is 13.1 Å². The molecular formula is C13H15BrN4O. The average Bonchev–Trinajstić information content (AvgIpc) is 2.42. The second-order valence-corrected chi connectivity index (χ2v) is 5.20. The van der Waals surface area contributed by atoms with Crippen LogP contribution in [-0.2, 0) is 4.79 Å². The molecule has 6 heteroatoms. The molecule has 2 rings (SSSR count). The molecule has 1 aromatic carbocycles. The number of piperazine rings is 1. The van der Waals surface area contributed by atoms with E-state index in [4.69, 9.17) is 5.26 Å². The van der Waals surface area contributed by atoms with Crippen molar-refractivity contribution < 1.29 is 4.79 Å². The summed E-state index contributed by atoms with van der Waals surface area (Å²) in [5.74, 6) is -0.103. The summed E-state index contributed by atoms with van der Waals surface area (Å²) in [6, 6.07) is 9.43. The number of nitrogens with zero attached hydrogens (tertiary/aromatic N) is 2. The smallest absolute Gasteiger partial charge is 0.238 e. The van der Waals surface area contributed by atoms with Crippen LogP contribution >= 0.6 is 15.9 Å². The van der Waals surface area contributed by atoms with Crippen molar-refractivity contribution in [3.63, 3.8) is 0 Å². The number of carbonyl (C=O) groups is 1. The number of nitrogens with one attached hydrogen (secondary N) is 2. The van der Waals surface area contributed by atoms with Crippen LogP contribution in [0.15, 0.2) is 28.7 Å². The van der Waals surface area contributed by atoms with Crippen LogP contribution < -0.4 is 10.6 Å². The molecule has 1 heterocycles. The summed E-state index contributed by atoms with van der Waals surface area (Å²) in [7, 11) is 0. The fourth-order valence-electron chi connectivity index (χ4n) is 2.00. The molecule has 0 aromatic heterocycles. The third kappa shape index (κ3) is 3.77. The Morgan fingerprint density at radius 3 is 3.11 bits per heavy atom. The minimum atomic E-state index is -0.237. The van der Waals surface area contributed by atoms with Crippen molar-refractivity contribution in [1.29, 1.82) is 5.26 Å². The van der Waals surface area contributed by atoms with Crippen molar-refractivity contribution in [3.8, 4) is 6.07 Å². The molecule has 1 aromatic rings. The summed E-state index contributed by atoms with van der Waals surface area (Å²) in [6.45, 7) is 2.36. The maximum absolute atomic E-state index is 12.0. The van der Waals surface area contributed by atoms with Gasteiger partial charge in [0, 0.05) is 24.1 Å². The van der Waals surface area contributed by atoms with E-state index < -0.39 is 0 Å². The highest BCUT2D eigenvalue weighted by Crippen LogP contribution is 2.21. The van der Waals surface area contributed by atoms with Gasteiger partial charge in [0.2, 0.25) is 5.91 Å². The molecule has 1 unspecified atom stereocenters. The summed E-state index contributed by atoms with van der Waals surface area (Å²) in [4.78, 5) is 13.9. The quantitative estimate of drug-likeness (QED) is 0.877. The number of hydrogen-bond acceptors (Lipinski definition) is 4. The molecule has 1 atom stereocenters. The summed E-state index contributed by atoms with van der Waals surface area (Å²) in [5.41, 5.74) is 0.746. The molecule has 1 aliphatic rings. The highest BCUT2D eigenvalue weighted by molar-refractivity contribution is 9.10. The zero-order valence-electron chi connectivity index (χ0n) is 10.4. The number of carbonyl (C=O) groups excluding carboxylic acids is 1. The van der Waals surface area contributed by atoms with Gasteiger partial charge in [0.1, 0.15) is 6.04 Å². The molecule has 0 saturated carbocycles. The monoisotopic (exact) mass is 322 g/mol. The van der Waals surface area contributed by atoms with Gasteiger partial charge in [-0.2, -0.15) is 5.26 Å². The number of hydrogen-bond donors (Lipinski definition) is 2. The second-order valence-electron chi connectivity index (χ2n) is 4.35. The van der Waals surface area contributed by atoms with Gasteiger partial charge in [-0.3, -0.25) is 9.69 Å². The number of rotatable bonds is 3. The van der Waals surface area contributed by atoms with Crippen LogP contribution in [-0.4, -0.2) is 43.0 Å². The predicted molar refractivity (Wildman–Crippen MR) is 76.6 cm³/mol. The number of benzene rings is 1. The largest absolute Gasteiger partial charge is 0.324 e. The zero-order valence-corrected chi connectivity index (χ0v) is 12.0. The minimum absolute atomic E-state index is 0.103.